The first kappa shape index (κ1) is 23.7. The zero-order valence-corrected chi connectivity index (χ0v) is 19.5. The molecule has 9 heteroatoms. The van der Waals surface area contributed by atoms with Crippen LogP contribution in [0.3, 0.4) is 0 Å². The van der Waals surface area contributed by atoms with E-state index in [1.807, 2.05) is 24.3 Å². The number of rotatable bonds is 11. The minimum Gasteiger partial charge on any atom is -0.491 e. The molecule has 0 saturated heterocycles. The summed E-state index contributed by atoms with van der Waals surface area (Å²) in [4.78, 5) is 12.2. The first-order chi connectivity index (χ1) is 15.3. The molecule has 8 nitrogen and oxygen atoms in total. The second-order valence-corrected chi connectivity index (χ2v) is 9.77. The van der Waals surface area contributed by atoms with Gasteiger partial charge in [0.2, 0.25) is 22.7 Å². The summed E-state index contributed by atoms with van der Waals surface area (Å²) in [6, 6.07) is 12.8. The van der Waals surface area contributed by atoms with Gasteiger partial charge in [0.15, 0.2) is 11.5 Å². The lowest BCUT2D eigenvalue weighted by molar-refractivity contribution is -0.121. The van der Waals surface area contributed by atoms with Gasteiger partial charge in [-0.1, -0.05) is 32.0 Å². The smallest absolute Gasteiger partial charge is 0.232 e. The zero-order chi connectivity index (χ0) is 23.1. The van der Waals surface area contributed by atoms with E-state index >= 15 is 0 Å². The van der Waals surface area contributed by atoms with E-state index in [4.69, 9.17) is 14.2 Å². The maximum absolute atomic E-state index is 12.3. The normalized spacial score (nSPS) is 12.6. The van der Waals surface area contributed by atoms with E-state index in [1.54, 1.807) is 18.2 Å². The molecule has 0 atom stereocenters. The van der Waals surface area contributed by atoms with E-state index in [0.717, 1.165) is 17.6 Å². The number of benzene rings is 2. The van der Waals surface area contributed by atoms with Crippen molar-refractivity contribution in [1.29, 1.82) is 0 Å². The number of carbonyl (C=O) groups is 1. The van der Waals surface area contributed by atoms with Gasteiger partial charge in [0.1, 0.15) is 12.4 Å². The molecule has 2 aromatic rings. The van der Waals surface area contributed by atoms with E-state index in [2.05, 4.69) is 19.2 Å². The second kappa shape index (κ2) is 10.6. The van der Waals surface area contributed by atoms with Crippen LogP contribution < -0.4 is 23.8 Å². The van der Waals surface area contributed by atoms with Gasteiger partial charge < -0.3 is 19.5 Å². The fourth-order valence-corrected chi connectivity index (χ4v) is 4.40. The fourth-order valence-electron chi connectivity index (χ4n) is 3.44. The molecule has 0 aliphatic carbocycles. The van der Waals surface area contributed by atoms with Crippen molar-refractivity contribution in [3.05, 3.63) is 48.0 Å². The molecule has 0 fully saturated rings. The highest BCUT2D eigenvalue weighted by molar-refractivity contribution is 7.92. The predicted octanol–water partition coefficient (Wildman–Crippen LogP) is 3.28. The van der Waals surface area contributed by atoms with Crippen molar-refractivity contribution in [2.24, 2.45) is 0 Å². The number of nitrogens with one attached hydrogen (secondary N) is 1. The average molecular weight is 463 g/mol. The Balaban J connectivity index is 1.45. The van der Waals surface area contributed by atoms with Gasteiger partial charge in [0.05, 0.1) is 18.5 Å². The topological polar surface area (TPSA) is 94.2 Å². The summed E-state index contributed by atoms with van der Waals surface area (Å²) >= 11 is 0. The summed E-state index contributed by atoms with van der Waals surface area (Å²) in [5.74, 6) is 2.12. The quantitative estimate of drug-likeness (QED) is 0.515. The maximum atomic E-state index is 12.3. The number of hydrogen-bond donors (Lipinski definition) is 1. The molecular weight excluding hydrogens is 432 g/mol. The van der Waals surface area contributed by atoms with E-state index in [-0.39, 0.29) is 25.7 Å². The van der Waals surface area contributed by atoms with Crippen molar-refractivity contribution < 1.29 is 27.4 Å². The monoisotopic (exact) mass is 462 g/mol. The Morgan fingerprint density at radius 1 is 1.16 bits per heavy atom. The molecule has 3 rings (SSSR count). The number of carbonyl (C=O) groups excluding carboxylic acids is 1. The van der Waals surface area contributed by atoms with Gasteiger partial charge in [0, 0.05) is 19.0 Å². The largest absolute Gasteiger partial charge is 0.491 e. The van der Waals surface area contributed by atoms with Crippen LogP contribution >= 0.6 is 0 Å². The minimum absolute atomic E-state index is 0.116. The molecule has 0 radical (unpaired) electrons. The lowest BCUT2D eigenvalue weighted by atomic mass is 10.0. The van der Waals surface area contributed by atoms with Crippen LogP contribution in [0.2, 0.25) is 0 Å². The molecule has 0 bridgehead atoms. The Labute approximate surface area is 189 Å². The van der Waals surface area contributed by atoms with Crippen molar-refractivity contribution in [3.63, 3.8) is 0 Å². The lowest BCUT2D eigenvalue weighted by Gasteiger charge is -2.22. The van der Waals surface area contributed by atoms with Crippen LogP contribution in [0.15, 0.2) is 42.5 Å². The molecule has 1 aliphatic heterocycles. The molecule has 1 aliphatic rings. The van der Waals surface area contributed by atoms with Gasteiger partial charge in [-0.25, -0.2) is 8.42 Å². The Morgan fingerprint density at radius 3 is 2.66 bits per heavy atom. The van der Waals surface area contributed by atoms with Crippen molar-refractivity contribution in [2.75, 3.05) is 37.1 Å². The second-order valence-electron chi connectivity index (χ2n) is 7.87. The highest BCUT2D eigenvalue weighted by Crippen LogP contribution is 2.36. The van der Waals surface area contributed by atoms with Crippen molar-refractivity contribution >= 4 is 21.6 Å². The minimum atomic E-state index is -3.51. The van der Waals surface area contributed by atoms with Gasteiger partial charge in [-0.3, -0.25) is 9.10 Å². The standard InChI is InChI=1S/C23H30N2O6S/c1-17(2)19-7-4-5-8-20(19)29-14-12-24-23(26)9-6-13-25(32(3,27)28)18-10-11-21-22(15-18)31-16-30-21/h4-5,7-8,10-11,15,17H,6,9,12-14,16H2,1-3H3,(H,24,26). The van der Waals surface area contributed by atoms with Crippen LogP contribution in [-0.4, -0.2) is 47.1 Å². The summed E-state index contributed by atoms with van der Waals surface area (Å²) < 4.78 is 42.2. The Hall–Kier alpha value is -2.94. The van der Waals surface area contributed by atoms with Crippen LogP contribution in [0.5, 0.6) is 17.2 Å². The number of nitrogens with zero attached hydrogens (tertiary/aromatic N) is 1. The SMILES string of the molecule is CC(C)c1ccccc1OCCNC(=O)CCCN(c1ccc2c(c1)OCO2)S(C)(=O)=O. The third kappa shape index (κ3) is 6.29. The summed E-state index contributed by atoms with van der Waals surface area (Å²) in [6.07, 6.45) is 1.73. The third-order valence-corrected chi connectivity index (χ3v) is 6.23. The number of hydrogen-bond acceptors (Lipinski definition) is 6. The van der Waals surface area contributed by atoms with Crippen LogP contribution in [0.25, 0.3) is 0 Å². The Kier molecular flexibility index (Phi) is 7.84. The summed E-state index contributed by atoms with van der Waals surface area (Å²) in [5.41, 5.74) is 1.61. The van der Waals surface area contributed by atoms with Crippen LogP contribution in [0.1, 0.15) is 38.2 Å². The predicted molar refractivity (Wildman–Crippen MR) is 123 cm³/mol. The molecule has 1 heterocycles. The van der Waals surface area contributed by atoms with Crippen LogP contribution in [0.4, 0.5) is 5.69 Å². The summed E-state index contributed by atoms with van der Waals surface area (Å²) in [7, 11) is -3.51. The van der Waals surface area contributed by atoms with Crippen LogP contribution in [0, 0.1) is 0 Å². The first-order valence-corrected chi connectivity index (χ1v) is 12.5. The molecule has 1 N–H and O–H groups in total. The summed E-state index contributed by atoms with van der Waals surface area (Å²) in [5, 5.41) is 2.82. The van der Waals surface area contributed by atoms with Gasteiger partial charge in [-0.2, -0.15) is 0 Å². The van der Waals surface area contributed by atoms with E-state index in [1.165, 1.54) is 4.31 Å². The molecular formula is C23H30N2O6S. The number of para-hydroxylation sites is 1. The molecule has 0 aromatic heterocycles. The Morgan fingerprint density at radius 2 is 1.91 bits per heavy atom. The van der Waals surface area contributed by atoms with Crippen molar-refractivity contribution in [2.45, 2.75) is 32.6 Å². The summed E-state index contributed by atoms with van der Waals surface area (Å²) in [6.45, 7) is 5.25. The number of anilines is 1. The van der Waals surface area contributed by atoms with E-state index < -0.39 is 10.0 Å². The van der Waals surface area contributed by atoms with Gasteiger partial charge >= 0.3 is 0 Å². The Bertz CT molecular complexity index is 1040. The number of ether oxygens (including phenoxy) is 3. The molecule has 2 aromatic carbocycles. The number of amides is 1. The zero-order valence-electron chi connectivity index (χ0n) is 18.7. The van der Waals surface area contributed by atoms with Gasteiger partial charge in [-0.05, 0) is 36.1 Å². The molecule has 0 spiro atoms. The first-order valence-electron chi connectivity index (χ1n) is 10.6. The molecule has 174 valence electrons. The van der Waals surface area contributed by atoms with Crippen molar-refractivity contribution in [1.82, 2.24) is 5.32 Å². The third-order valence-electron chi connectivity index (χ3n) is 5.03. The van der Waals surface area contributed by atoms with Gasteiger partial charge in [0.25, 0.3) is 0 Å². The van der Waals surface area contributed by atoms with Gasteiger partial charge in [-0.15, -0.1) is 0 Å². The van der Waals surface area contributed by atoms with Crippen molar-refractivity contribution in [3.8, 4) is 17.2 Å². The lowest BCUT2D eigenvalue weighted by Crippen LogP contribution is -2.32. The highest BCUT2D eigenvalue weighted by atomic mass is 32.2. The highest BCUT2D eigenvalue weighted by Gasteiger charge is 2.21. The van der Waals surface area contributed by atoms with Crippen LogP contribution in [-0.2, 0) is 14.8 Å². The maximum Gasteiger partial charge on any atom is 0.232 e. The average Bonchev–Trinajstić information content (AvgIpc) is 3.21. The van der Waals surface area contributed by atoms with E-state index in [9.17, 15) is 13.2 Å². The number of sulfonamides is 1. The fraction of sp³-hybridized carbons (Fsp3) is 0.435. The molecule has 0 unspecified atom stereocenters. The number of fused-ring (bicyclic) bond motifs is 1. The van der Waals surface area contributed by atoms with E-state index in [0.29, 0.717) is 42.7 Å². The molecule has 0 saturated carbocycles. The molecule has 1 amide bonds. The molecule has 32 heavy (non-hydrogen) atoms.